The topological polar surface area (TPSA) is 44.8 Å². The first kappa shape index (κ1) is 15.7. The lowest BCUT2D eigenvalue weighted by Crippen LogP contribution is -2.61. The van der Waals surface area contributed by atoms with Crippen molar-refractivity contribution >= 4 is 5.97 Å². The van der Waals surface area contributed by atoms with Crippen LogP contribution in [0.5, 0.6) is 0 Å². The van der Waals surface area contributed by atoms with Crippen molar-refractivity contribution in [2.75, 3.05) is 52.4 Å². The molecule has 0 bridgehead atoms. The minimum absolute atomic E-state index is 0.00217. The third-order valence-electron chi connectivity index (χ3n) is 4.73. The molecule has 0 atom stereocenters. The minimum atomic E-state index is -0.381. The van der Waals surface area contributed by atoms with Crippen molar-refractivity contribution < 1.29 is 9.53 Å². The fraction of sp³-hybridized carbons (Fsp3) is 0.933. The molecule has 2 heterocycles. The SMILES string of the molecule is CCOC(=O)C1(N2CCCNCC2)CCN(CC)CC1. The highest BCUT2D eigenvalue weighted by Crippen LogP contribution is 2.31. The summed E-state index contributed by atoms with van der Waals surface area (Å²) in [4.78, 5) is 17.4. The standard InChI is InChI=1S/C15H29N3O2/c1-3-17-11-6-15(7-12-17,14(19)20-4-2)18-10-5-8-16-9-13-18/h16H,3-13H2,1-2H3. The van der Waals surface area contributed by atoms with Gasteiger partial charge in [-0.15, -0.1) is 0 Å². The molecule has 1 N–H and O–H groups in total. The fourth-order valence-electron chi connectivity index (χ4n) is 3.43. The number of rotatable bonds is 4. The summed E-state index contributed by atoms with van der Waals surface area (Å²) < 4.78 is 5.43. The zero-order chi connectivity index (χ0) is 14.4. The van der Waals surface area contributed by atoms with E-state index >= 15 is 0 Å². The lowest BCUT2D eigenvalue weighted by atomic mass is 9.85. The summed E-state index contributed by atoms with van der Waals surface area (Å²) in [6, 6.07) is 0. The van der Waals surface area contributed by atoms with Crippen LogP contribution in [0.1, 0.15) is 33.1 Å². The maximum absolute atomic E-state index is 12.6. The lowest BCUT2D eigenvalue weighted by molar-refractivity contribution is -0.162. The van der Waals surface area contributed by atoms with Crippen molar-refractivity contribution in [2.24, 2.45) is 0 Å². The Kier molecular flexibility index (Phi) is 5.81. The summed E-state index contributed by atoms with van der Waals surface area (Å²) >= 11 is 0. The van der Waals surface area contributed by atoms with Crippen molar-refractivity contribution in [2.45, 2.75) is 38.6 Å². The molecule has 2 saturated heterocycles. The molecule has 0 aromatic heterocycles. The van der Waals surface area contributed by atoms with Crippen molar-refractivity contribution in [3.63, 3.8) is 0 Å². The predicted octanol–water partition coefficient (Wildman–Crippen LogP) is 0.699. The largest absolute Gasteiger partial charge is 0.465 e. The number of carbonyl (C=O) groups is 1. The highest BCUT2D eigenvalue weighted by atomic mass is 16.5. The monoisotopic (exact) mass is 283 g/mol. The molecule has 2 fully saturated rings. The van der Waals surface area contributed by atoms with Crippen LogP contribution in [-0.2, 0) is 9.53 Å². The van der Waals surface area contributed by atoms with Crippen LogP contribution in [0.15, 0.2) is 0 Å². The van der Waals surface area contributed by atoms with Crippen LogP contribution in [-0.4, -0.2) is 73.7 Å². The maximum atomic E-state index is 12.6. The van der Waals surface area contributed by atoms with Crippen LogP contribution in [0.25, 0.3) is 0 Å². The molecule has 0 radical (unpaired) electrons. The van der Waals surface area contributed by atoms with Crippen LogP contribution < -0.4 is 5.32 Å². The van der Waals surface area contributed by atoms with Gasteiger partial charge in [0.25, 0.3) is 0 Å². The van der Waals surface area contributed by atoms with Gasteiger partial charge in [0.05, 0.1) is 6.61 Å². The normalized spacial score (nSPS) is 25.1. The Morgan fingerprint density at radius 3 is 2.55 bits per heavy atom. The van der Waals surface area contributed by atoms with E-state index in [-0.39, 0.29) is 11.5 Å². The molecule has 0 saturated carbocycles. The first-order valence-corrected chi connectivity index (χ1v) is 8.08. The Hall–Kier alpha value is -0.650. The second-order valence-corrected chi connectivity index (χ2v) is 5.78. The van der Waals surface area contributed by atoms with Crippen molar-refractivity contribution in [3.8, 4) is 0 Å². The van der Waals surface area contributed by atoms with Crippen molar-refractivity contribution in [3.05, 3.63) is 0 Å². The molecule has 2 aliphatic heterocycles. The fourth-order valence-corrected chi connectivity index (χ4v) is 3.43. The van der Waals surface area contributed by atoms with E-state index in [1.54, 1.807) is 0 Å². The van der Waals surface area contributed by atoms with E-state index in [1.165, 1.54) is 0 Å². The number of carbonyl (C=O) groups excluding carboxylic acids is 1. The summed E-state index contributed by atoms with van der Waals surface area (Å²) in [5.74, 6) is -0.00217. The average molecular weight is 283 g/mol. The molecule has 20 heavy (non-hydrogen) atoms. The highest BCUT2D eigenvalue weighted by molar-refractivity contribution is 5.81. The smallest absolute Gasteiger partial charge is 0.326 e. The van der Waals surface area contributed by atoms with E-state index < -0.39 is 0 Å². The number of likely N-dealkylation sites (tertiary alicyclic amines) is 1. The van der Waals surface area contributed by atoms with Gasteiger partial charge in [-0.1, -0.05) is 6.92 Å². The Morgan fingerprint density at radius 2 is 1.90 bits per heavy atom. The molecule has 0 amide bonds. The zero-order valence-corrected chi connectivity index (χ0v) is 13.0. The summed E-state index contributed by atoms with van der Waals surface area (Å²) in [5, 5.41) is 3.42. The van der Waals surface area contributed by atoms with E-state index in [4.69, 9.17) is 4.74 Å². The van der Waals surface area contributed by atoms with Gasteiger partial charge in [0.1, 0.15) is 5.54 Å². The highest BCUT2D eigenvalue weighted by Gasteiger charge is 2.47. The Labute approximate surface area is 122 Å². The zero-order valence-electron chi connectivity index (χ0n) is 13.0. The maximum Gasteiger partial charge on any atom is 0.326 e. The number of esters is 1. The first-order valence-electron chi connectivity index (χ1n) is 8.08. The molecule has 0 unspecified atom stereocenters. The molecule has 5 heteroatoms. The quantitative estimate of drug-likeness (QED) is 0.770. The number of ether oxygens (including phenoxy) is 1. The van der Waals surface area contributed by atoms with E-state index in [1.807, 2.05) is 6.92 Å². The molecule has 116 valence electrons. The lowest BCUT2D eigenvalue weighted by Gasteiger charge is -2.46. The van der Waals surface area contributed by atoms with Crippen LogP contribution in [0, 0.1) is 0 Å². The van der Waals surface area contributed by atoms with E-state index in [0.29, 0.717) is 6.61 Å². The minimum Gasteiger partial charge on any atom is -0.465 e. The third-order valence-corrected chi connectivity index (χ3v) is 4.73. The summed E-state index contributed by atoms with van der Waals surface area (Å²) in [5.41, 5.74) is -0.381. The molecule has 2 aliphatic rings. The van der Waals surface area contributed by atoms with Gasteiger partial charge in [-0.25, -0.2) is 0 Å². The number of nitrogens with one attached hydrogen (secondary N) is 1. The summed E-state index contributed by atoms with van der Waals surface area (Å²) in [6.45, 7) is 11.6. The Bertz CT molecular complexity index is 306. The van der Waals surface area contributed by atoms with Gasteiger partial charge in [-0.3, -0.25) is 9.69 Å². The number of hydrogen-bond donors (Lipinski definition) is 1. The Balaban J connectivity index is 2.13. The van der Waals surface area contributed by atoms with Gasteiger partial charge in [0, 0.05) is 32.7 Å². The first-order chi connectivity index (χ1) is 9.73. The van der Waals surface area contributed by atoms with Crippen LogP contribution in [0.2, 0.25) is 0 Å². The number of hydrogen-bond acceptors (Lipinski definition) is 5. The molecule has 0 spiro atoms. The number of nitrogens with zero attached hydrogens (tertiary/aromatic N) is 2. The van der Waals surface area contributed by atoms with Crippen molar-refractivity contribution in [1.82, 2.24) is 15.1 Å². The third kappa shape index (κ3) is 3.32. The Morgan fingerprint density at radius 1 is 1.15 bits per heavy atom. The molecular formula is C15H29N3O2. The van der Waals surface area contributed by atoms with Gasteiger partial charge in [-0.2, -0.15) is 0 Å². The summed E-state index contributed by atoms with van der Waals surface area (Å²) in [7, 11) is 0. The second kappa shape index (κ2) is 7.38. The molecule has 2 rings (SSSR count). The molecule has 0 aromatic rings. The summed E-state index contributed by atoms with van der Waals surface area (Å²) in [6.07, 6.45) is 2.91. The number of piperidine rings is 1. The van der Waals surface area contributed by atoms with E-state index in [2.05, 4.69) is 22.0 Å². The van der Waals surface area contributed by atoms with Crippen LogP contribution >= 0.6 is 0 Å². The van der Waals surface area contributed by atoms with Gasteiger partial charge in [0.2, 0.25) is 0 Å². The molecule has 0 aliphatic carbocycles. The van der Waals surface area contributed by atoms with Crippen LogP contribution in [0.4, 0.5) is 0 Å². The predicted molar refractivity (Wildman–Crippen MR) is 79.8 cm³/mol. The molecular weight excluding hydrogens is 254 g/mol. The van der Waals surface area contributed by atoms with Gasteiger partial charge in [-0.05, 0) is 39.3 Å². The van der Waals surface area contributed by atoms with Gasteiger partial charge < -0.3 is 15.0 Å². The van der Waals surface area contributed by atoms with Crippen LogP contribution in [0.3, 0.4) is 0 Å². The van der Waals surface area contributed by atoms with E-state index in [0.717, 1.165) is 65.1 Å². The van der Waals surface area contributed by atoms with Gasteiger partial charge >= 0.3 is 5.97 Å². The van der Waals surface area contributed by atoms with E-state index in [9.17, 15) is 4.79 Å². The van der Waals surface area contributed by atoms with Crippen molar-refractivity contribution in [1.29, 1.82) is 0 Å². The molecule has 0 aromatic carbocycles. The molecule has 5 nitrogen and oxygen atoms in total. The second-order valence-electron chi connectivity index (χ2n) is 5.78. The average Bonchev–Trinajstić information content (AvgIpc) is 2.77. The van der Waals surface area contributed by atoms with Gasteiger partial charge in [0.15, 0.2) is 0 Å².